The van der Waals surface area contributed by atoms with Gasteiger partial charge in [-0.3, -0.25) is 0 Å². The minimum absolute atomic E-state index is 0.347. The van der Waals surface area contributed by atoms with E-state index in [1.54, 1.807) is 0 Å². The molecule has 0 saturated carbocycles. The molecule has 1 aliphatic heterocycles. The highest BCUT2D eigenvalue weighted by Gasteiger charge is 2.25. The zero-order valence-corrected chi connectivity index (χ0v) is 10.9. The standard InChI is InChI=1S/C13H17BrO/c1-9-5-6-10(2)11(8-9)13(14)12-4-3-7-15-12/h5-6,8,12-13H,3-4,7H2,1-2H3. The van der Waals surface area contributed by atoms with E-state index in [-0.39, 0.29) is 0 Å². The number of rotatable bonds is 2. The Morgan fingerprint density at radius 1 is 1.40 bits per heavy atom. The van der Waals surface area contributed by atoms with Crippen molar-refractivity contribution in [3.63, 3.8) is 0 Å². The molecule has 1 nitrogen and oxygen atoms in total. The van der Waals surface area contributed by atoms with E-state index in [9.17, 15) is 0 Å². The number of alkyl halides is 1. The summed E-state index contributed by atoms with van der Waals surface area (Å²) in [6.45, 7) is 5.22. The fraction of sp³-hybridized carbons (Fsp3) is 0.538. The van der Waals surface area contributed by atoms with Gasteiger partial charge >= 0.3 is 0 Å². The molecule has 0 aliphatic carbocycles. The van der Waals surface area contributed by atoms with Crippen molar-refractivity contribution in [1.29, 1.82) is 0 Å². The Kier molecular flexibility index (Phi) is 3.47. The van der Waals surface area contributed by atoms with E-state index in [0.717, 1.165) is 6.61 Å². The van der Waals surface area contributed by atoms with Crippen molar-refractivity contribution < 1.29 is 4.74 Å². The van der Waals surface area contributed by atoms with E-state index in [0.29, 0.717) is 10.9 Å². The van der Waals surface area contributed by atoms with Gasteiger partial charge in [0.15, 0.2) is 0 Å². The van der Waals surface area contributed by atoms with Crippen LogP contribution in [-0.2, 0) is 4.74 Å². The molecule has 1 aromatic carbocycles. The van der Waals surface area contributed by atoms with Crippen molar-refractivity contribution in [2.24, 2.45) is 0 Å². The predicted octanol–water partition coefficient (Wildman–Crippen LogP) is 3.92. The highest BCUT2D eigenvalue weighted by Crippen LogP contribution is 2.35. The van der Waals surface area contributed by atoms with Gasteiger partial charge in [0.05, 0.1) is 10.9 Å². The van der Waals surface area contributed by atoms with Crippen LogP contribution in [0.1, 0.15) is 34.4 Å². The summed E-state index contributed by atoms with van der Waals surface area (Å²) in [5.74, 6) is 0. The summed E-state index contributed by atoms with van der Waals surface area (Å²) in [6.07, 6.45) is 2.71. The van der Waals surface area contributed by atoms with Crippen molar-refractivity contribution >= 4 is 15.9 Å². The number of aryl methyl sites for hydroxylation is 2. The topological polar surface area (TPSA) is 9.23 Å². The molecule has 2 rings (SSSR count). The highest BCUT2D eigenvalue weighted by atomic mass is 79.9. The molecule has 0 aromatic heterocycles. The third-order valence-corrected chi connectivity index (χ3v) is 4.11. The van der Waals surface area contributed by atoms with Crippen LogP contribution in [0.4, 0.5) is 0 Å². The summed E-state index contributed by atoms with van der Waals surface area (Å²) in [7, 11) is 0. The van der Waals surface area contributed by atoms with Gasteiger partial charge in [-0.2, -0.15) is 0 Å². The van der Waals surface area contributed by atoms with Gasteiger partial charge < -0.3 is 4.74 Å². The Morgan fingerprint density at radius 2 is 2.20 bits per heavy atom. The van der Waals surface area contributed by atoms with Crippen LogP contribution in [0, 0.1) is 13.8 Å². The number of ether oxygens (including phenoxy) is 1. The van der Waals surface area contributed by atoms with Gasteiger partial charge in [0.25, 0.3) is 0 Å². The summed E-state index contributed by atoms with van der Waals surface area (Å²) in [6, 6.07) is 6.61. The molecule has 2 unspecified atom stereocenters. The molecule has 0 radical (unpaired) electrons. The Hall–Kier alpha value is -0.340. The van der Waals surface area contributed by atoms with E-state index >= 15 is 0 Å². The molecular formula is C13H17BrO. The van der Waals surface area contributed by atoms with E-state index in [2.05, 4.69) is 48.0 Å². The first-order valence-corrected chi connectivity index (χ1v) is 6.43. The monoisotopic (exact) mass is 268 g/mol. The second kappa shape index (κ2) is 4.67. The van der Waals surface area contributed by atoms with Crippen LogP contribution < -0.4 is 0 Å². The van der Waals surface area contributed by atoms with Gasteiger partial charge in [0.2, 0.25) is 0 Å². The summed E-state index contributed by atoms with van der Waals surface area (Å²) in [5.41, 5.74) is 4.04. The van der Waals surface area contributed by atoms with E-state index in [1.165, 1.54) is 29.5 Å². The summed E-state index contributed by atoms with van der Waals surface area (Å²) >= 11 is 3.77. The van der Waals surface area contributed by atoms with Gasteiger partial charge in [-0.15, -0.1) is 0 Å². The molecule has 0 amide bonds. The van der Waals surface area contributed by atoms with Crippen LogP contribution in [0.25, 0.3) is 0 Å². The molecule has 15 heavy (non-hydrogen) atoms. The molecular weight excluding hydrogens is 252 g/mol. The average molecular weight is 269 g/mol. The molecule has 1 aromatic rings. The normalized spacial score (nSPS) is 23.0. The summed E-state index contributed by atoms with van der Waals surface area (Å²) < 4.78 is 5.72. The van der Waals surface area contributed by atoms with Crippen molar-refractivity contribution in [1.82, 2.24) is 0 Å². The third kappa shape index (κ3) is 2.43. The largest absolute Gasteiger partial charge is 0.377 e. The van der Waals surface area contributed by atoms with Gasteiger partial charge in [0.1, 0.15) is 0 Å². The minimum atomic E-state index is 0.347. The maximum atomic E-state index is 5.72. The maximum Gasteiger partial charge on any atom is 0.0741 e. The molecule has 2 atom stereocenters. The fourth-order valence-corrected chi connectivity index (χ4v) is 3.00. The van der Waals surface area contributed by atoms with Crippen molar-refractivity contribution in [2.45, 2.75) is 37.6 Å². The lowest BCUT2D eigenvalue weighted by molar-refractivity contribution is 0.110. The molecule has 2 heteroatoms. The first-order valence-electron chi connectivity index (χ1n) is 5.51. The number of benzene rings is 1. The van der Waals surface area contributed by atoms with Crippen LogP contribution in [0.3, 0.4) is 0 Å². The average Bonchev–Trinajstić information content (AvgIpc) is 2.74. The number of halogens is 1. The van der Waals surface area contributed by atoms with Gasteiger partial charge in [-0.25, -0.2) is 0 Å². The molecule has 0 bridgehead atoms. The smallest absolute Gasteiger partial charge is 0.0741 e. The Balaban J connectivity index is 2.23. The van der Waals surface area contributed by atoms with E-state index < -0.39 is 0 Å². The molecule has 1 aliphatic rings. The third-order valence-electron chi connectivity index (χ3n) is 3.02. The second-order valence-electron chi connectivity index (χ2n) is 4.31. The predicted molar refractivity (Wildman–Crippen MR) is 66.6 cm³/mol. The lowest BCUT2D eigenvalue weighted by atomic mass is 9.99. The van der Waals surface area contributed by atoms with Crippen molar-refractivity contribution in [3.05, 3.63) is 34.9 Å². The molecule has 1 fully saturated rings. The summed E-state index contributed by atoms with van der Waals surface area (Å²) in [5, 5.41) is 0. The van der Waals surface area contributed by atoms with Crippen LogP contribution >= 0.6 is 15.9 Å². The van der Waals surface area contributed by atoms with Crippen molar-refractivity contribution in [3.8, 4) is 0 Å². The van der Waals surface area contributed by atoms with Gasteiger partial charge in [-0.1, -0.05) is 39.7 Å². The van der Waals surface area contributed by atoms with Crippen LogP contribution in [0.5, 0.6) is 0 Å². The Labute approximate surface area is 100.0 Å². The summed E-state index contributed by atoms with van der Waals surface area (Å²) in [4.78, 5) is 0.347. The van der Waals surface area contributed by atoms with Gasteiger partial charge in [0, 0.05) is 6.61 Å². The lowest BCUT2D eigenvalue weighted by Gasteiger charge is -2.19. The zero-order chi connectivity index (χ0) is 10.8. The molecule has 1 heterocycles. The Morgan fingerprint density at radius 3 is 2.87 bits per heavy atom. The quantitative estimate of drug-likeness (QED) is 0.739. The lowest BCUT2D eigenvalue weighted by Crippen LogP contribution is -2.13. The fourth-order valence-electron chi connectivity index (χ4n) is 2.09. The minimum Gasteiger partial charge on any atom is -0.377 e. The molecule has 1 saturated heterocycles. The zero-order valence-electron chi connectivity index (χ0n) is 9.29. The van der Waals surface area contributed by atoms with Crippen LogP contribution in [0.15, 0.2) is 18.2 Å². The van der Waals surface area contributed by atoms with Gasteiger partial charge in [-0.05, 0) is 37.8 Å². The molecule has 0 N–H and O–H groups in total. The second-order valence-corrected chi connectivity index (χ2v) is 5.30. The number of hydrogen-bond acceptors (Lipinski definition) is 1. The Bertz CT molecular complexity index is 342. The van der Waals surface area contributed by atoms with E-state index in [4.69, 9.17) is 4.74 Å². The molecule has 82 valence electrons. The van der Waals surface area contributed by atoms with E-state index in [1.807, 2.05) is 0 Å². The van der Waals surface area contributed by atoms with Crippen molar-refractivity contribution in [2.75, 3.05) is 6.61 Å². The van der Waals surface area contributed by atoms with Crippen LogP contribution in [0.2, 0.25) is 0 Å². The number of hydrogen-bond donors (Lipinski definition) is 0. The van der Waals surface area contributed by atoms with Crippen LogP contribution in [-0.4, -0.2) is 12.7 Å². The molecule has 0 spiro atoms. The first-order chi connectivity index (χ1) is 7.18. The maximum absolute atomic E-state index is 5.72. The first kappa shape index (κ1) is 11.2. The SMILES string of the molecule is Cc1ccc(C)c(C(Br)C2CCCO2)c1. The highest BCUT2D eigenvalue weighted by molar-refractivity contribution is 9.09.